The van der Waals surface area contributed by atoms with E-state index in [9.17, 15) is 4.79 Å². The number of anilines is 2. The quantitative estimate of drug-likeness (QED) is 0.897. The summed E-state index contributed by atoms with van der Waals surface area (Å²) in [5.41, 5.74) is 7.66. The molecule has 0 aliphatic carbocycles. The fraction of sp³-hybridized carbons (Fsp3) is 0.529. The van der Waals surface area contributed by atoms with Crippen LogP contribution in [0.25, 0.3) is 0 Å². The number of nitrogen functional groups attached to an aromatic ring is 1. The van der Waals surface area contributed by atoms with E-state index in [1.807, 2.05) is 18.7 Å². The number of hydrogen-bond donors (Lipinski definition) is 1. The second kappa shape index (κ2) is 6.02. The molecule has 0 aromatic carbocycles. The van der Waals surface area contributed by atoms with Crippen LogP contribution >= 0.6 is 0 Å². The number of aromatic nitrogens is 3. The van der Waals surface area contributed by atoms with Crippen molar-refractivity contribution in [2.24, 2.45) is 5.92 Å². The lowest BCUT2D eigenvalue weighted by molar-refractivity contribution is -0.140. The predicted molar refractivity (Wildman–Crippen MR) is 91.7 cm³/mol. The highest BCUT2D eigenvalue weighted by atomic mass is 16.5. The van der Waals surface area contributed by atoms with Crippen LogP contribution in [-0.2, 0) is 11.3 Å². The molecule has 5 heterocycles. The zero-order valence-electron chi connectivity index (χ0n) is 14.5. The van der Waals surface area contributed by atoms with Gasteiger partial charge in [0.25, 0.3) is 0 Å². The minimum absolute atomic E-state index is 0.0181. The van der Waals surface area contributed by atoms with Crippen LogP contribution in [0.1, 0.15) is 29.9 Å². The Bertz CT molecular complexity index is 785. The third-order valence-corrected chi connectivity index (χ3v) is 5.30. The van der Waals surface area contributed by atoms with Crippen molar-refractivity contribution >= 4 is 17.5 Å². The van der Waals surface area contributed by atoms with E-state index < -0.39 is 0 Å². The van der Waals surface area contributed by atoms with Gasteiger partial charge in [0, 0.05) is 30.8 Å². The first-order chi connectivity index (χ1) is 12.0. The van der Waals surface area contributed by atoms with Crippen molar-refractivity contribution in [2.45, 2.75) is 39.3 Å². The smallest absolute Gasteiger partial charge is 0.228 e. The minimum atomic E-state index is -0.0181. The average Bonchev–Trinajstić information content (AvgIpc) is 2.78. The summed E-state index contributed by atoms with van der Waals surface area (Å²) in [4.78, 5) is 25.4. The SMILES string of the molecule is Cc1noc(C)c1CN1C(=O)[C@@H]2CC[C@H]1CN(c1cc(N)ncn1)C2. The maximum atomic E-state index is 13.0. The highest BCUT2D eigenvalue weighted by Gasteiger charge is 2.41. The third-order valence-electron chi connectivity index (χ3n) is 5.30. The highest BCUT2D eigenvalue weighted by molar-refractivity contribution is 5.81. The van der Waals surface area contributed by atoms with Gasteiger partial charge in [-0.1, -0.05) is 5.16 Å². The van der Waals surface area contributed by atoms with Gasteiger partial charge in [-0.3, -0.25) is 4.79 Å². The number of hydrogen-bond acceptors (Lipinski definition) is 7. The first-order valence-electron chi connectivity index (χ1n) is 8.57. The minimum Gasteiger partial charge on any atom is -0.384 e. The van der Waals surface area contributed by atoms with Gasteiger partial charge in [0.1, 0.15) is 23.7 Å². The van der Waals surface area contributed by atoms with E-state index >= 15 is 0 Å². The van der Waals surface area contributed by atoms with Crippen LogP contribution in [-0.4, -0.2) is 45.1 Å². The van der Waals surface area contributed by atoms with Crippen molar-refractivity contribution in [3.8, 4) is 0 Å². The molecule has 2 N–H and O–H groups in total. The van der Waals surface area contributed by atoms with E-state index in [1.165, 1.54) is 6.33 Å². The molecule has 1 amide bonds. The Hall–Kier alpha value is -2.64. The van der Waals surface area contributed by atoms with Crippen LogP contribution in [0.4, 0.5) is 11.6 Å². The molecular weight excluding hydrogens is 320 g/mol. The van der Waals surface area contributed by atoms with Crippen molar-refractivity contribution in [1.29, 1.82) is 0 Å². The van der Waals surface area contributed by atoms with Crippen molar-refractivity contribution < 1.29 is 9.32 Å². The molecule has 132 valence electrons. The maximum Gasteiger partial charge on any atom is 0.228 e. The van der Waals surface area contributed by atoms with Crippen LogP contribution < -0.4 is 10.6 Å². The molecule has 0 radical (unpaired) electrons. The van der Waals surface area contributed by atoms with Crippen LogP contribution in [0.3, 0.4) is 0 Å². The number of amides is 1. The van der Waals surface area contributed by atoms with Crippen LogP contribution in [0.2, 0.25) is 0 Å². The summed E-state index contributed by atoms with van der Waals surface area (Å²) in [6.07, 6.45) is 3.39. The number of nitrogens with zero attached hydrogens (tertiary/aromatic N) is 5. The summed E-state index contributed by atoms with van der Waals surface area (Å²) >= 11 is 0. The Morgan fingerprint density at radius 2 is 2.12 bits per heavy atom. The van der Waals surface area contributed by atoms with Gasteiger partial charge in [0.15, 0.2) is 0 Å². The fourth-order valence-corrected chi connectivity index (χ4v) is 3.87. The van der Waals surface area contributed by atoms with Gasteiger partial charge in [0.05, 0.1) is 18.2 Å². The zero-order valence-corrected chi connectivity index (χ0v) is 14.5. The molecule has 5 rings (SSSR count). The van der Waals surface area contributed by atoms with Gasteiger partial charge in [-0.25, -0.2) is 9.97 Å². The van der Waals surface area contributed by atoms with Gasteiger partial charge >= 0.3 is 0 Å². The first kappa shape index (κ1) is 15.9. The van der Waals surface area contributed by atoms with Gasteiger partial charge in [0.2, 0.25) is 5.91 Å². The number of carbonyl (C=O) groups is 1. The number of piperidine rings is 1. The summed E-state index contributed by atoms with van der Waals surface area (Å²) in [6.45, 7) is 5.79. The lowest BCUT2D eigenvalue weighted by atomic mass is 9.93. The average molecular weight is 342 g/mol. The van der Waals surface area contributed by atoms with Gasteiger partial charge in [-0.15, -0.1) is 0 Å². The number of nitrogens with two attached hydrogens (primary N) is 1. The summed E-state index contributed by atoms with van der Waals surface area (Å²) in [7, 11) is 0. The molecule has 2 bridgehead atoms. The number of fused-ring (bicyclic) bond motifs is 4. The van der Waals surface area contributed by atoms with Crippen LogP contribution in [0, 0.1) is 19.8 Å². The summed E-state index contributed by atoms with van der Waals surface area (Å²) in [5, 5.41) is 4.01. The Labute approximate surface area is 146 Å². The molecule has 3 fully saturated rings. The molecule has 25 heavy (non-hydrogen) atoms. The zero-order chi connectivity index (χ0) is 17.6. The van der Waals surface area contributed by atoms with Gasteiger partial charge in [-0.2, -0.15) is 0 Å². The third kappa shape index (κ3) is 2.81. The van der Waals surface area contributed by atoms with Crippen LogP contribution in [0.15, 0.2) is 16.9 Å². The van der Waals surface area contributed by atoms with E-state index in [0.29, 0.717) is 18.9 Å². The molecule has 2 aromatic rings. The normalized spacial score (nSPS) is 23.2. The Balaban J connectivity index is 1.61. The highest BCUT2D eigenvalue weighted by Crippen LogP contribution is 2.33. The first-order valence-corrected chi connectivity index (χ1v) is 8.57. The Kier molecular flexibility index (Phi) is 3.82. The van der Waals surface area contributed by atoms with E-state index in [4.69, 9.17) is 10.3 Å². The van der Waals surface area contributed by atoms with Gasteiger partial charge in [-0.05, 0) is 26.7 Å². The largest absolute Gasteiger partial charge is 0.384 e. The molecule has 0 spiro atoms. The van der Waals surface area contributed by atoms with Gasteiger partial charge < -0.3 is 20.1 Å². The van der Waals surface area contributed by atoms with Crippen LogP contribution in [0.5, 0.6) is 0 Å². The lowest BCUT2D eigenvalue weighted by Gasteiger charge is -2.35. The second-order valence-electron chi connectivity index (χ2n) is 6.90. The second-order valence-corrected chi connectivity index (χ2v) is 6.90. The molecule has 0 unspecified atom stereocenters. The predicted octanol–water partition coefficient (Wildman–Crippen LogP) is 1.29. The van der Waals surface area contributed by atoms with E-state index in [2.05, 4.69) is 20.0 Å². The fourth-order valence-electron chi connectivity index (χ4n) is 3.87. The van der Waals surface area contributed by atoms with Crippen molar-refractivity contribution in [3.05, 3.63) is 29.4 Å². The summed E-state index contributed by atoms with van der Waals surface area (Å²) in [5.74, 6) is 2.21. The van der Waals surface area contributed by atoms with E-state index in [1.54, 1.807) is 6.07 Å². The Morgan fingerprint density at radius 1 is 1.28 bits per heavy atom. The van der Waals surface area contributed by atoms with Crippen molar-refractivity contribution in [3.63, 3.8) is 0 Å². The number of carbonyl (C=O) groups excluding carboxylic acids is 1. The molecule has 2 atom stereocenters. The summed E-state index contributed by atoms with van der Waals surface area (Å²) < 4.78 is 5.26. The molecule has 2 aromatic heterocycles. The molecule has 3 aliphatic heterocycles. The topological polar surface area (TPSA) is 101 Å². The molecular formula is C17H22N6O2. The van der Waals surface area contributed by atoms with E-state index in [0.717, 1.165) is 42.2 Å². The monoisotopic (exact) mass is 342 g/mol. The molecule has 0 saturated carbocycles. The lowest BCUT2D eigenvalue weighted by Crippen LogP contribution is -2.47. The van der Waals surface area contributed by atoms with Crippen molar-refractivity contribution in [1.82, 2.24) is 20.0 Å². The molecule has 8 nitrogen and oxygen atoms in total. The molecule has 3 saturated heterocycles. The van der Waals surface area contributed by atoms with Crippen molar-refractivity contribution in [2.75, 3.05) is 23.7 Å². The number of aryl methyl sites for hydroxylation is 2. The number of rotatable bonds is 3. The molecule has 8 heteroatoms. The summed E-state index contributed by atoms with van der Waals surface area (Å²) in [6, 6.07) is 1.92. The Morgan fingerprint density at radius 3 is 2.84 bits per heavy atom. The molecule has 3 aliphatic rings. The maximum absolute atomic E-state index is 13.0. The standard InChI is InChI=1S/C17H22N6O2/c1-10-14(11(2)25-21-10)8-23-13-4-3-12(17(23)24)6-22(7-13)16-5-15(18)19-9-20-16/h5,9,12-13H,3-4,6-8H2,1-2H3,(H2,18,19,20)/t12-,13+/m1/s1. The van der Waals surface area contributed by atoms with E-state index in [-0.39, 0.29) is 17.9 Å².